The SMILES string of the molecule is CC1Cc2ccccc2C1NC(=O)NCC(CO)Cc1ccccn1. The first-order valence-electron chi connectivity index (χ1n) is 8.80. The number of aliphatic hydroxyl groups is 1. The molecule has 0 saturated carbocycles. The minimum Gasteiger partial charge on any atom is -0.396 e. The Balaban J connectivity index is 1.52. The van der Waals surface area contributed by atoms with Crippen molar-refractivity contribution in [3.05, 3.63) is 65.5 Å². The maximum absolute atomic E-state index is 12.3. The number of nitrogens with zero attached hydrogens (tertiary/aromatic N) is 1. The molecule has 5 nitrogen and oxygen atoms in total. The standard InChI is InChI=1S/C20H25N3O2/c1-14-10-16-6-2-3-8-18(16)19(14)23-20(25)22-12-15(13-24)11-17-7-4-5-9-21-17/h2-9,14-15,19,24H,10-13H2,1H3,(H2,22,23,25). The zero-order valence-corrected chi connectivity index (χ0v) is 14.5. The van der Waals surface area contributed by atoms with Gasteiger partial charge in [-0.05, 0) is 42.0 Å². The van der Waals surface area contributed by atoms with E-state index in [0.717, 1.165) is 12.1 Å². The highest BCUT2D eigenvalue weighted by atomic mass is 16.3. The quantitative estimate of drug-likeness (QED) is 0.757. The van der Waals surface area contributed by atoms with Crippen LogP contribution in [0, 0.1) is 11.8 Å². The molecule has 3 atom stereocenters. The minimum absolute atomic E-state index is 0.0134. The molecule has 1 aromatic heterocycles. The minimum atomic E-state index is -0.187. The summed E-state index contributed by atoms with van der Waals surface area (Å²) in [5.74, 6) is 0.333. The third-order valence-corrected chi connectivity index (χ3v) is 4.82. The Hall–Kier alpha value is -2.40. The maximum Gasteiger partial charge on any atom is 0.315 e. The summed E-state index contributed by atoms with van der Waals surface area (Å²) in [6.45, 7) is 2.59. The fourth-order valence-corrected chi connectivity index (χ4v) is 3.46. The van der Waals surface area contributed by atoms with Crippen LogP contribution in [-0.2, 0) is 12.8 Å². The van der Waals surface area contributed by atoms with Crippen molar-refractivity contribution in [1.29, 1.82) is 0 Å². The Kier molecular flexibility index (Phi) is 5.66. The van der Waals surface area contributed by atoms with Crippen LogP contribution in [0.3, 0.4) is 0 Å². The molecule has 0 saturated heterocycles. The van der Waals surface area contributed by atoms with E-state index in [2.05, 4.69) is 34.7 Å². The van der Waals surface area contributed by atoms with Crippen molar-refractivity contribution < 1.29 is 9.90 Å². The summed E-state index contributed by atoms with van der Waals surface area (Å²) < 4.78 is 0. The summed E-state index contributed by atoms with van der Waals surface area (Å²) in [5.41, 5.74) is 3.43. The number of urea groups is 1. The van der Waals surface area contributed by atoms with E-state index in [1.165, 1.54) is 11.1 Å². The molecule has 25 heavy (non-hydrogen) atoms. The first-order valence-corrected chi connectivity index (χ1v) is 8.80. The van der Waals surface area contributed by atoms with Crippen LogP contribution in [0.4, 0.5) is 4.79 Å². The van der Waals surface area contributed by atoms with E-state index in [1.54, 1.807) is 6.20 Å². The second kappa shape index (κ2) is 8.12. The van der Waals surface area contributed by atoms with Gasteiger partial charge in [0.25, 0.3) is 0 Å². The highest BCUT2D eigenvalue weighted by molar-refractivity contribution is 5.74. The van der Waals surface area contributed by atoms with Crippen molar-refractivity contribution in [1.82, 2.24) is 15.6 Å². The van der Waals surface area contributed by atoms with Gasteiger partial charge in [0.1, 0.15) is 0 Å². The Morgan fingerprint density at radius 1 is 1.28 bits per heavy atom. The van der Waals surface area contributed by atoms with Crippen molar-refractivity contribution >= 4 is 6.03 Å². The fraction of sp³-hybridized carbons (Fsp3) is 0.400. The smallest absolute Gasteiger partial charge is 0.315 e. The number of amides is 2. The fourth-order valence-electron chi connectivity index (χ4n) is 3.46. The van der Waals surface area contributed by atoms with Crippen LogP contribution in [0.2, 0.25) is 0 Å². The van der Waals surface area contributed by atoms with Gasteiger partial charge >= 0.3 is 6.03 Å². The van der Waals surface area contributed by atoms with Gasteiger partial charge in [0.15, 0.2) is 0 Å². The van der Waals surface area contributed by atoms with Gasteiger partial charge in [-0.2, -0.15) is 0 Å². The largest absolute Gasteiger partial charge is 0.396 e. The van der Waals surface area contributed by atoms with Crippen LogP contribution >= 0.6 is 0 Å². The van der Waals surface area contributed by atoms with Gasteiger partial charge < -0.3 is 15.7 Å². The molecule has 3 rings (SSSR count). The van der Waals surface area contributed by atoms with Crippen LogP contribution in [-0.4, -0.2) is 29.3 Å². The van der Waals surface area contributed by atoms with Crippen molar-refractivity contribution in [2.75, 3.05) is 13.2 Å². The van der Waals surface area contributed by atoms with E-state index in [0.29, 0.717) is 18.9 Å². The molecule has 132 valence electrons. The molecule has 1 aromatic carbocycles. The molecule has 3 N–H and O–H groups in total. The zero-order valence-electron chi connectivity index (χ0n) is 14.5. The molecule has 0 fully saturated rings. The van der Waals surface area contributed by atoms with Crippen molar-refractivity contribution in [3.8, 4) is 0 Å². The van der Waals surface area contributed by atoms with E-state index in [4.69, 9.17) is 0 Å². The van der Waals surface area contributed by atoms with Crippen LogP contribution in [0.15, 0.2) is 48.7 Å². The molecule has 1 heterocycles. The van der Waals surface area contributed by atoms with Crippen molar-refractivity contribution in [3.63, 3.8) is 0 Å². The molecule has 0 radical (unpaired) electrons. The molecule has 2 amide bonds. The third kappa shape index (κ3) is 4.37. The average molecular weight is 339 g/mol. The molecule has 0 bridgehead atoms. The van der Waals surface area contributed by atoms with Gasteiger partial charge in [-0.25, -0.2) is 4.79 Å². The number of hydrogen-bond donors (Lipinski definition) is 3. The van der Waals surface area contributed by atoms with E-state index >= 15 is 0 Å². The predicted molar refractivity (Wildman–Crippen MR) is 97.1 cm³/mol. The second-order valence-corrected chi connectivity index (χ2v) is 6.79. The molecule has 5 heteroatoms. The lowest BCUT2D eigenvalue weighted by Gasteiger charge is -2.21. The average Bonchev–Trinajstić information content (AvgIpc) is 2.95. The molecule has 0 aliphatic heterocycles. The summed E-state index contributed by atoms with van der Waals surface area (Å²) in [7, 11) is 0. The number of fused-ring (bicyclic) bond motifs is 1. The summed E-state index contributed by atoms with van der Waals surface area (Å²) in [5, 5.41) is 15.5. The van der Waals surface area contributed by atoms with Crippen LogP contribution in [0.25, 0.3) is 0 Å². The first-order chi connectivity index (χ1) is 12.2. The Bertz CT molecular complexity index is 705. The summed E-state index contributed by atoms with van der Waals surface area (Å²) in [6, 6.07) is 13.8. The maximum atomic E-state index is 12.3. The lowest BCUT2D eigenvalue weighted by atomic mass is 10.0. The number of carbonyl (C=O) groups excluding carboxylic acids is 1. The predicted octanol–water partition coefficient (Wildman–Crippen LogP) is 2.47. The molecular formula is C20H25N3O2. The monoisotopic (exact) mass is 339 g/mol. The van der Waals surface area contributed by atoms with E-state index in [-0.39, 0.29) is 24.6 Å². The molecule has 0 spiro atoms. The normalized spacial score (nSPS) is 19.9. The number of rotatable bonds is 6. The number of aliphatic hydroxyl groups excluding tert-OH is 1. The number of carbonyl (C=O) groups is 1. The molecule has 1 aliphatic rings. The molecular weight excluding hydrogens is 314 g/mol. The Labute approximate surface area is 148 Å². The second-order valence-electron chi connectivity index (χ2n) is 6.79. The summed E-state index contributed by atoms with van der Waals surface area (Å²) >= 11 is 0. The zero-order chi connectivity index (χ0) is 17.6. The van der Waals surface area contributed by atoms with Crippen LogP contribution < -0.4 is 10.6 Å². The van der Waals surface area contributed by atoms with Crippen LogP contribution in [0.5, 0.6) is 0 Å². The van der Waals surface area contributed by atoms with E-state index in [9.17, 15) is 9.90 Å². The number of hydrogen-bond acceptors (Lipinski definition) is 3. The number of nitrogens with one attached hydrogen (secondary N) is 2. The lowest BCUT2D eigenvalue weighted by Crippen LogP contribution is -2.42. The van der Waals surface area contributed by atoms with E-state index < -0.39 is 0 Å². The first kappa shape index (κ1) is 17.4. The number of benzene rings is 1. The van der Waals surface area contributed by atoms with Gasteiger partial charge in [0, 0.05) is 31.0 Å². The highest BCUT2D eigenvalue weighted by Gasteiger charge is 2.30. The lowest BCUT2D eigenvalue weighted by molar-refractivity contribution is 0.210. The Morgan fingerprint density at radius 2 is 2.08 bits per heavy atom. The third-order valence-electron chi connectivity index (χ3n) is 4.82. The Morgan fingerprint density at radius 3 is 2.84 bits per heavy atom. The van der Waals surface area contributed by atoms with Crippen molar-refractivity contribution in [2.24, 2.45) is 11.8 Å². The van der Waals surface area contributed by atoms with Gasteiger partial charge in [0.05, 0.1) is 6.04 Å². The summed E-state index contributed by atoms with van der Waals surface area (Å²) in [4.78, 5) is 16.6. The molecule has 2 aromatic rings. The highest BCUT2D eigenvalue weighted by Crippen LogP contribution is 2.35. The molecule has 1 aliphatic carbocycles. The van der Waals surface area contributed by atoms with Crippen LogP contribution in [0.1, 0.15) is 29.8 Å². The molecule has 3 unspecified atom stereocenters. The van der Waals surface area contributed by atoms with Gasteiger partial charge in [-0.1, -0.05) is 37.3 Å². The van der Waals surface area contributed by atoms with E-state index in [1.807, 2.05) is 30.3 Å². The number of pyridine rings is 1. The topological polar surface area (TPSA) is 74.2 Å². The van der Waals surface area contributed by atoms with Gasteiger partial charge in [0.2, 0.25) is 0 Å². The van der Waals surface area contributed by atoms with Gasteiger partial charge in [-0.15, -0.1) is 0 Å². The summed E-state index contributed by atoms with van der Waals surface area (Å²) in [6.07, 6.45) is 3.36. The van der Waals surface area contributed by atoms with Gasteiger partial charge in [-0.3, -0.25) is 4.98 Å². The number of aromatic nitrogens is 1. The van der Waals surface area contributed by atoms with Crippen molar-refractivity contribution in [2.45, 2.75) is 25.8 Å².